The fraction of sp³-hybridized carbons (Fsp3) is 0. The minimum Gasteiger partial charge on any atom is -0.277 e. The van der Waals surface area contributed by atoms with Crippen molar-refractivity contribution in [1.82, 2.24) is 0 Å². The second kappa shape index (κ2) is 5.49. The molecule has 0 saturated heterocycles. The number of hydrogen-bond donors (Lipinski definition) is 1. The summed E-state index contributed by atoms with van der Waals surface area (Å²) in [5.74, 6) is -0.796. The van der Waals surface area contributed by atoms with Gasteiger partial charge >= 0.3 is 0 Å². The maximum atomic E-state index is 13.6. The van der Waals surface area contributed by atoms with Gasteiger partial charge in [0.05, 0.1) is 11.3 Å². The summed E-state index contributed by atoms with van der Waals surface area (Å²) in [7, 11) is -4.05. The monoisotopic (exact) mass is 310 g/mol. The summed E-state index contributed by atoms with van der Waals surface area (Å²) in [5.41, 5.74) is -0.253. The maximum absolute atomic E-state index is 13.6. The third-order valence-corrected chi connectivity index (χ3v) is 4.13. The summed E-state index contributed by atoms with van der Waals surface area (Å²) in [6, 6.07) is 11.0. The molecule has 0 atom stereocenters. The van der Waals surface area contributed by atoms with E-state index in [1.54, 1.807) is 12.1 Å². The quantitative estimate of drug-likeness (QED) is 0.946. The SMILES string of the molecule is N#Cc1ccccc1S(=O)(=O)Nc1ccc(Cl)cc1F. The topological polar surface area (TPSA) is 70.0 Å². The first-order chi connectivity index (χ1) is 9.44. The Morgan fingerprint density at radius 1 is 1.20 bits per heavy atom. The molecule has 0 spiro atoms. The highest BCUT2D eigenvalue weighted by Crippen LogP contribution is 2.23. The molecule has 1 N–H and O–H groups in total. The summed E-state index contributed by atoms with van der Waals surface area (Å²) >= 11 is 5.59. The summed E-state index contributed by atoms with van der Waals surface area (Å²) in [5, 5.41) is 9.06. The van der Waals surface area contributed by atoms with Gasteiger partial charge < -0.3 is 0 Å². The number of nitriles is 1. The van der Waals surface area contributed by atoms with E-state index >= 15 is 0 Å². The van der Waals surface area contributed by atoms with E-state index in [1.807, 2.05) is 0 Å². The number of nitrogens with one attached hydrogen (secondary N) is 1. The molecule has 0 aliphatic heterocycles. The van der Waals surface area contributed by atoms with Crippen LogP contribution in [0.2, 0.25) is 5.02 Å². The smallest absolute Gasteiger partial charge is 0.263 e. The Labute approximate surface area is 120 Å². The predicted octanol–water partition coefficient (Wildman–Crippen LogP) is 3.15. The Hall–Kier alpha value is -2.10. The number of sulfonamides is 1. The number of hydrogen-bond acceptors (Lipinski definition) is 3. The molecule has 102 valence electrons. The van der Waals surface area contributed by atoms with Crippen LogP contribution in [0.5, 0.6) is 0 Å². The van der Waals surface area contributed by atoms with Gasteiger partial charge in [0.15, 0.2) is 0 Å². The van der Waals surface area contributed by atoms with Crippen LogP contribution in [-0.4, -0.2) is 8.42 Å². The van der Waals surface area contributed by atoms with Gasteiger partial charge in [0.25, 0.3) is 10.0 Å². The third kappa shape index (κ3) is 2.90. The first kappa shape index (κ1) is 14.3. The van der Waals surface area contributed by atoms with Crippen molar-refractivity contribution in [1.29, 1.82) is 5.26 Å². The van der Waals surface area contributed by atoms with Crippen molar-refractivity contribution in [3.8, 4) is 6.07 Å². The minimum absolute atomic E-state index is 0.0191. The zero-order valence-corrected chi connectivity index (χ0v) is 11.5. The van der Waals surface area contributed by atoms with E-state index in [0.29, 0.717) is 0 Å². The first-order valence-electron chi connectivity index (χ1n) is 5.41. The van der Waals surface area contributed by atoms with Crippen molar-refractivity contribution in [2.75, 3.05) is 4.72 Å². The molecule has 0 unspecified atom stereocenters. The van der Waals surface area contributed by atoms with Crippen LogP contribution in [0.4, 0.5) is 10.1 Å². The Kier molecular flexibility index (Phi) is 3.93. The summed E-state index contributed by atoms with van der Waals surface area (Å²) < 4.78 is 40.0. The van der Waals surface area contributed by atoms with Crippen LogP contribution >= 0.6 is 11.6 Å². The molecule has 0 aliphatic carbocycles. The van der Waals surface area contributed by atoms with Crippen LogP contribution < -0.4 is 4.72 Å². The zero-order chi connectivity index (χ0) is 14.8. The second-order valence-electron chi connectivity index (χ2n) is 3.84. The molecule has 2 aromatic rings. The van der Waals surface area contributed by atoms with Gasteiger partial charge in [-0.15, -0.1) is 0 Å². The standard InChI is InChI=1S/C13H8ClFN2O2S/c14-10-5-6-12(11(15)7-10)17-20(18,19)13-4-2-1-3-9(13)8-16/h1-7,17H. The Balaban J connectivity index is 2.44. The normalized spacial score (nSPS) is 10.8. The van der Waals surface area contributed by atoms with Crippen molar-refractivity contribution in [3.05, 3.63) is 58.9 Å². The number of rotatable bonds is 3. The lowest BCUT2D eigenvalue weighted by atomic mass is 10.2. The van der Waals surface area contributed by atoms with E-state index in [9.17, 15) is 12.8 Å². The average Bonchev–Trinajstić information content (AvgIpc) is 2.42. The van der Waals surface area contributed by atoms with E-state index in [-0.39, 0.29) is 21.2 Å². The van der Waals surface area contributed by atoms with Crippen molar-refractivity contribution >= 4 is 27.3 Å². The number of benzene rings is 2. The molecular formula is C13H8ClFN2O2S. The number of anilines is 1. The highest BCUT2D eigenvalue weighted by Gasteiger charge is 2.19. The summed E-state index contributed by atoms with van der Waals surface area (Å²) in [6.45, 7) is 0. The largest absolute Gasteiger partial charge is 0.277 e. The molecule has 7 heteroatoms. The molecule has 0 saturated carbocycles. The van der Waals surface area contributed by atoms with E-state index in [0.717, 1.165) is 6.07 Å². The third-order valence-electron chi connectivity index (χ3n) is 2.47. The molecule has 0 radical (unpaired) electrons. The van der Waals surface area contributed by atoms with Gasteiger partial charge in [0.1, 0.15) is 16.8 Å². The van der Waals surface area contributed by atoms with Gasteiger partial charge in [-0.2, -0.15) is 5.26 Å². The van der Waals surface area contributed by atoms with E-state index in [1.165, 1.54) is 30.3 Å². The van der Waals surface area contributed by atoms with E-state index in [4.69, 9.17) is 16.9 Å². The van der Waals surface area contributed by atoms with Crippen LogP contribution in [-0.2, 0) is 10.0 Å². The van der Waals surface area contributed by atoms with Crippen LogP contribution in [0.25, 0.3) is 0 Å². The van der Waals surface area contributed by atoms with Crippen LogP contribution in [0, 0.1) is 17.1 Å². The first-order valence-corrected chi connectivity index (χ1v) is 7.27. The van der Waals surface area contributed by atoms with Crippen LogP contribution in [0.3, 0.4) is 0 Å². The summed E-state index contributed by atoms with van der Waals surface area (Å²) in [6.07, 6.45) is 0. The molecule has 0 bridgehead atoms. The van der Waals surface area contributed by atoms with Crippen molar-refractivity contribution < 1.29 is 12.8 Å². The lowest BCUT2D eigenvalue weighted by Gasteiger charge is -2.10. The van der Waals surface area contributed by atoms with Crippen LogP contribution in [0.15, 0.2) is 47.4 Å². The molecule has 0 aliphatic rings. The summed E-state index contributed by atoms with van der Waals surface area (Å²) in [4.78, 5) is -0.211. The molecule has 0 fully saturated rings. The molecule has 0 heterocycles. The Bertz CT molecular complexity index is 800. The average molecular weight is 311 g/mol. The van der Waals surface area contributed by atoms with Gasteiger partial charge in [-0.25, -0.2) is 12.8 Å². The van der Waals surface area contributed by atoms with Crippen molar-refractivity contribution in [3.63, 3.8) is 0 Å². The Morgan fingerprint density at radius 2 is 1.90 bits per heavy atom. The van der Waals surface area contributed by atoms with Gasteiger partial charge in [0.2, 0.25) is 0 Å². The van der Waals surface area contributed by atoms with Crippen LogP contribution in [0.1, 0.15) is 5.56 Å². The van der Waals surface area contributed by atoms with Gasteiger partial charge in [0, 0.05) is 5.02 Å². The molecule has 0 aromatic heterocycles. The van der Waals surface area contributed by atoms with Gasteiger partial charge in [-0.1, -0.05) is 23.7 Å². The molecule has 0 amide bonds. The zero-order valence-electron chi connectivity index (χ0n) is 9.97. The molecule has 2 rings (SSSR count). The highest BCUT2D eigenvalue weighted by molar-refractivity contribution is 7.92. The molecule has 2 aromatic carbocycles. The fourth-order valence-electron chi connectivity index (χ4n) is 1.57. The molecular weight excluding hydrogens is 303 g/mol. The lowest BCUT2D eigenvalue weighted by Crippen LogP contribution is -2.15. The minimum atomic E-state index is -4.05. The maximum Gasteiger partial charge on any atom is 0.263 e. The molecule has 20 heavy (non-hydrogen) atoms. The predicted molar refractivity (Wildman–Crippen MR) is 73.4 cm³/mol. The van der Waals surface area contributed by atoms with E-state index in [2.05, 4.69) is 4.72 Å². The Morgan fingerprint density at radius 3 is 2.55 bits per heavy atom. The molecule has 4 nitrogen and oxygen atoms in total. The second-order valence-corrected chi connectivity index (χ2v) is 5.92. The highest BCUT2D eigenvalue weighted by atomic mass is 35.5. The fourth-order valence-corrected chi connectivity index (χ4v) is 2.95. The van der Waals surface area contributed by atoms with Gasteiger partial charge in [-0.05, 0) is 30.3 Å². The van der Waals surface area contributed by atoms with Crippen molar-refractivity contribution in [2.24, 2.45) is 0 Å². The lowest BCUT2D eigenvalue weighted by molar-refractivity contribution is 0.598. The number of nitrogens with zero attached hydrogens (tertiary/aromatic N) is 1. The van der Waals surface area contributed by atoms with Gasteiger partial charge in [-0.3, -0.25) is 4.72 Å². The van der Waals surface area contributed by atoms with E-state index < -0.39 is 15.8 Å². The number of halogens is 2. The van der Waals surface area contributed by atoms with Crippen molar-refractivity contribution in [2.45, 2.75) is 4.90 Å².